The zero-order valence-electron chi connectivity index (χ0n) is 14.1. The molecule has 1 atom stereocenters. The third-order valence-corrected chi connectivity index (χ3v) is 8.60. The maximum absolute atomic E-state index is 11.4. The Morgan fingerprint density at radius 3 is 2.05 bits per heavy atom. The van der Waals surface area contributed by atoms with Gasteiger partial charge in [0.15, 0.2) is 8.32 Å². The summed E-state index contributed by atoms with van der Waals surface area (Å²) in [5.74, 6) is 0. The molecule has 0 N–H and O–H groups in total. The molecule has 0 radical (unpaired) electrons. The van der Waals surface area contributed by atoms with E-state index in [2.05, 4.69) is 53.8 Å². The molecule has 0 unspecified atom stereocenters. The third-order valence-electron chi connectivity index (χ3n) is 4.12. The van der Waals surface area contributed by atoms with Gasteiger partial charge in [0.1, 0.15) is 6.29 Å². The van der Waals surface area contributed by atoms with E-state index in [9.17, 15) is 4.79 Å². The van der Waals surface area contributed by atoms with Gasteiger partial charge in [-0.1, -0.05) is 39.3 Å². The van der Waals surface area contributed by atoms with E-state index >= 15 is 0 Å². The quantitative estimate of drug-likeness (QED) is 0.375. The van der Waals surface area contributed by atoms with Crippen molar-refractivity contribution in [3.8, 4) is 0 Å². The molecule has 0 rings (SSSR count). The Morgan fingerprint density at radius 1 is 1.16 bits per heavy atom. The molecular formula is C16H32O2Si. The van der Waals surface area contributed by atoms with Crippen molar-refractivity contribution in [1.29, 1.82) is 0 Å². The number of allylic oxidation sites excluding steroid dienone is 2. The zero-order chi connectivity index (χ0) is 15.3. The lowest BCUT2D eigenvalue weighted by Gasteiger charge is -2.38. The van der Waals surface area contributed by atoms with Crippen molar-refractivity contribution in [2.75, 3.05) is 6.61 Å². The Bertz CT molecular complexity index is 322. The fourth-order valence-electron chi connectivity index (χ4n) is 1.42. The molecule has 0 aromatic carbocycles. The van der Waals surface area contributed by atoms with E-state index in [0.29, 0.717) is 6.61 Å². The van der Waals surface area contributed by atoms with Crippen LogP contribution in [0.2, 0.25) is 18.1 Å². The largest absolute Gasteiger partial charge is 0.416 e. The molecule has 0 aromatic rings. The van der Waals surface area contributed by atoms with E-state index in [0.717, 1.165) is 19.1 Å². The van der Waals surface area contributed by atoms with Crippen LogP contribution in [-0.2, 0) is 9.22 Å². The molecule has 3 heteroatoms. The molecule has 0 fully saturated rings. The van der Waals surface area contributed by atoms with E-state index in [1.165, 1.54) is 5.57 Å². The number of hydrogen-bond donors (Lipinski definition) is 0. The minimum absolute atomic E-state index is 0.191. The number of hydrogen-bond acceptors (Lipinski definition) is 2. The number of aldehydes is 1. The molecule has 0 saturated heterocycles. The van der Waals surface area contributed by atoms with Crippen molar-refractivity contribution in [2.45, 2.75) is 72.5 Å². The van der Waals surface area contributed by atoms with E-state index in [1.807, 2.05) is 6.92 Å². The second-order valence-corrected chi connectivity index (χ2v) is 12.5. The van der Waals surface area contributed by atoms with Gasteiger partial charge in [0.05, 0.1) is 0 Å². The minimum Gasteiger partial charge on any atom is -0.416 e. The molecule has 19 heavy (non-hydrogen) atoms. The summed E-state index contributed by atoms with van der Waals surface area (Å²) in [6.45, 7) is 17.9. The Labute approximate surface area is 120 Å². The van der Waals surface area contributed by atoms with Crippen molar-refractivity contribution >= 4 is 14.6 Å². The van der Waals surface area contributed by atoms with Gasteiger partial charge < -0.3 is 9.22 Å². The van der Waals surface area contributed by atoms with Gasteiger partial charge >= 0.3 is 0 Å². The molecule has 0 aliphatic heterocycles. The van der Waals surface area contributed by atoms with E-state index in [4.69, 9.17) is 4.43 Å². The lowest BCUT2D eigenvalue weighted by molar-refractivity contribution is -0.117. The summed E-state index contributed by atoms with van der Waals surface area (Å²) < 4.78 is 6.19. The van der Waals surface area contributed by atoms with Gasteiger partial charge in [0, 0.05) is 12.0 Å². The Balaban J connectivity index is 4.56. The highest BCUT2D eigenvalue weighted by Crippen LogP contribution is 2.38. The molecule has 0 aliphatic rings. The Kier molecular flexibility index (Phi) is 6.70. The van der Waals surface area contributed by atoms with Gasteiger partial charge in [0.2, 0.25) is 0 Å². The highest BCUT2D eigenvalue weighted by Gasteiger charge is 2.39. The molecule has 0 aromatic heterocycles. The van der Waals surface area contributed by atoms with Crippen LogP contribution in [0.3, 0.4) is 0 Å². The van der Waals surface area contributed by atoms with E-state index < -0.39 is 8.32 Å². The monoisotopic (exact) mass is 284 g/mol. The van der Waals surface area contributed by atoms with Crippen molar-refractivity contribution < 1.29 is 9.22 Å². The number of rotatable bonds is 7. The second kappa shape index (κ2) is 6.85. The topological polar surface area (TPSA) is 26.3 Å². The van der Waals surface area contributed by atoms with Crippen LogP contribution in [0.1, 0.15) is 54.4 Å². The van der Waals surface area contributed by atoms with Gasteiger partial charge in [-0.25, -0.2) is 0 Å². The first-order valence-corrected chi connectivity index (χ1v) is 10.1. The van der Waals surface area contributed by atoms with Crippen LogP contribution in [0.15, 0.2) is 11.6 Å². The fourth-order valence-corrected chi connectivity index (χ4v) is 2.54. The van der Waals surface area contributed by atoms with Gasteiger partial charge in [-0.05, 0) is 44.8 Å². The standard InChI is InChI=1S/C16H32O2Si/c1-14(2)10-9-11-16(6,12-17)13-18-19(7,8)15(3,4)5/h10,12H,9,11,13H2,1-8H3/t16-/m0/s1. The van der Waals surface area contributed by atoms with Crippen LogP contribution in [-0.4, -0.2) is 21.2 Å². The molecule has 0 spiro atoms. The Hall–Kier alpha value is -0.413. The summed E-state index contributed by atoms with van der Waals surface area (Å²) in [7, 11) is -1.77. The predicted molar refractivity (Wildman–Crippen MR) is 86.0 cm³/mol. The summed E-state index contributed by atoms with van der Waals surface area (Å²) >= 11 is 0. The summed E-state index contributed by atoms with van der Waals surface area (Å²) in [5, 5.41) is 0.191. The molecule has 0 saturated carbocycles. The maximum atomic E-state index is 11.4. The third kappa shape index (κ3) is 6.53. The van der Waals surface area contributed by atoms with Crippen LogP contribution in [0, 0.1) is 5.41 Å². The molecule has 0 aliphatic carbocycles. The normalized spacial score (nSPS) is 15.8. The smallest absolute Gasteiger partial charge is 0.192 e. The maximum Gasteiger partial charge on any atom is 0.192 e. The first-order valence-electron chi connectivity index (χ1n) is 7.17. The number of carbonyl (C=O) groups excluding carboxylic acids is 1. The lowest BCUT2D eigenvalue weighted by Crippen LogP contribution is -2.43. The predicted octanol–water partition coefficient (Wildman–Crippen LogP) is 4.96. The highest BCUT2D eigenvalue weighted by molar-refractivity contribution is 6.74. The van der Waals surface area contributed by atoms with Crippen LogP contribution in [0.25, 0.3) is 0 Å². The molecule has 0 heterocycles. The van der Waals surface area contributed by atoms with Gasteiger partial charge in [-0.15, -0.1) is 0 Å². The number of carbonyl (C=O) groups is 1. The van der Waals surface area contributed by atoms with Crippen LogP contribution in [0.4, 0.5) is 0 Å². The summed E-state index contributed by atoms with van der Waals surface area (Å²) in [4.78, 5) is 11.4. The van der Waals surface area contributed by atoms with Crippen molar-refractivity contribution in [3.63, 3.8) is 0 Å². The van der Waals surface area contributed by atoms with Gasteiger partial charge in [-0.3, -0.25) is 0 Å². The Morgan fingerprint density at radius 2 is 1.68 bits per heavy atom. The van der Waals surface area contributed by atoms with Gasteiger partial charge in [0.25, 0.3) is 0 Å². The summed E-state index contributed by atoms with van der Waals surface area (Å²) in [6.07, 6.45) is 5.06. The average Bonchev–Trinajstić information content (AvgIpc) is 2.24. The molecule has 2 nitrogen and oxygen atoms in total. The zero-order valence-corrected chi connectivity index (χ0v) is 15.1. The molecular weight excluding hydrogens is 252 g/mol. The van der Waals surface area contributed by atoms with Crippen LogP contribution in [0.5, 0.6) is 0 Å². The molecule has 0 amide bonds. The van der Waals surface area contributed by atoms with Crippen molar-refractivity contribution in [3.05, 3.63) is 11.6 Å². The average molecular weight is 285 g/mol. The second-order valence-electron chi connectivity index (χ2n) is 7.64. The van der Waals surface area contributed by atoms with E-state index in [1.54, 1.807) is 0 Å². The first-order chi connectivity index (χ1) is 8.43. The van der Waals surface area contributed by atoms with Crippen LogP contribution < -0.4 is 0 Å². The molecule has 0 bridgehead atoms. The fraction of sp³-hybridized carbons (Fsp3) is 0.812. The van der Waals surface area contributed by atoms with Crippen LogP contribution >= 0.6 is 0 Å². The SMILES string of the molecule is CC(C)=CCC[C@@](C)(C=O)CO[Si](C)(C)C(C)(C)C. The van der Waals surface area contributed by atoms with E-state index in [-0.39, 0.29) is 10.5 Å². The molecule has 112 valence electrons. The lowest BCUT2D eigenvalue weighted by atomic mass is 9.88. The summed E-state index contributed by atoms with van der Waals surface area (Å²) in [5.41, 5.74) is 0.945. The van der Waals surface area contributed by atoms with Gasteiger partial charge in [-0.2, -0.15) is 0 Å². The highest BCUT2D eigenvalue weighted by atomic mass is 28.4. The first kappa shape index (κ1) is 18.6. The summed E-state index contributed by atoms with van der Waals surface area (Å²) in [6, 6.07) is 0. The minimum atomic E-state index is -1.77. The van der Waals surface area contributed by atoms with Crippen molar-refractivity contribution in [1.82, 2.24) is 0 Å². The van der Waals surface area contributed by atoms with Crippen molar-refractivity contribution in [2.24, 2.45) is 5.41 Å².